The first-order valence-corrected chi connectivity index (χ1v) is 6.10. The van der Waals surface area contributed by atoms with Crippen molar-refractivity contribution in [2.45, 2.75) is 16.6 Å². The zero-order valence-electron chi connectivity index (χ0n) is 8.83. The molecule has 3 nitrogen and oxygen atoms in total. The van der Waals surface area contributed by atoms with Crippen LogP contribution in [0.15, 0.2) is 40.6 Å². The fourth-order valence-corrected chi connectivity index (χ4v) is 2.58. The Morgan fingerprint density at radius 2 is 2.38 bits per heavy atom. The van der Waals surface area contributed by atoms with Gasteiger partial charge < -0.3 is 10.3 Å². The predicted molar refractivity (Wildman–Crippen MR) is 66.9 cm³/mol. The molecular formula is C11H12ClN3S. The molecule has 0 saturated heterocycles. The van der Waals surface area contributed by atoms with Gasteiger partial charge in [0.05, 0.1) is 5.02 Å². The molecule has 0 fully saturated rings. The maximum Gasteiger partial charge on any atom is 0.170 e. The van der Waals surface area contributed by atoms with Crippen molar-refractivity contribution in [2.75, 3.05) is 7.05 Å². The van der Waals surface area contributed by atoms with Crippen molar-refractivity contribution in [2.24, 2.45) is 0 Å². The summed E-state index contributed by atoms with van der Waals surface area (Å²) >= 11 is 7.74. The number of imidazole rings is 1. The van der Waals surface area contributed by atoms with Crippen molar-refractivity contribution in [3.63, 3.8) is 0 Å². The van der Waals surface area contributed by atoms with Crippen LogP contribution in [0.2, 0.25) is 5.02 Å². The molecule has 0 atom stereocenters. The molecule has 1 aromatic carbocycles. The van der Waals surface area contributed by atoms with E-state index in [0.29, 0.717) is 0 Å². The average molecular weight is 254 g/mol. The molecule has 16 heavy (non-hydrogen) atoms. The third-order valence-electron chi connectivity index (χ3n) is 2.09. The lowest BCUT2D eigenvalue weighted by Gasteiger charge is -2.09. The molecule has 2 aromatic rings. The highest BCUT2D eigenvalue weighted by Crippen LogP contribution is 2.34. The number of nitrogens with zero attached hydrogens (tertiary/aromatic N) is 1. The largest absolute Gasteiger partial charge is 0.339 e. The van der Waals surface area contributed by atoms with Crippen molar-refractivity contribution in [3.05, 3.63) is 41.2 Å². The number of nitrogens with one attached hydrogen (secondary N) is 2. The smallest absolute Gasteiger partial charge is 0.170 e. The summed E-state index contributed by atoms with van der Waals surface area (Å²) in [6.45, 7) is 0.795. The average Bonchev–Trinajstić information content (AvgIpc) is 2.76. The van der Waals surface area contributed by atoms with Crippen LogP contribution in [0.5, 0.6) is 0 Å². The molecule has 0 bridgehead atoms. The number of hydrogen-bond acceptors (Lipinski definition) is 3. The van der Waals surface area contributed by atoms with Gasteiger partial charge in [-0.25, -0.2) is 4.98 Å². The number of H-pyrrole nitrogens is 1. The van der Waals surface area contributed by atoms with Crippen molar-refractivity contribution >= 4 is 23.4 Å². The molecule has 5 heteroatoms. The first kappa shape index (κ1) is 11.5. The Kier molecular flexibility index (Phi) is 3.88. The number of aromatic amines is 1. The molecule has 0 aliphatic carbocycles. The molecule has 2 rings (SSSR count). The van der Waals surface area contributed by atoms with Gasteiger partial charge in [0.25, 0.3) is 0 Å². The third kappa shape index (κ3) is 2.58. The van der Waals surface area contributed by atoms with Crippen molar-refractivity contribution in [3.8, 4) is 0 Å². The predicted octanol–water partition coefficient (Wildman–Crippen LogP) is 2.93. The Balaban J connectivity index is 2.30. The first-order chi connectivity index (χ1) is 7.81. The lowest BCUT2D eigenvalue weighted by Crippen LogP contribution is -2.06. The summed E-state index contributed by atoms with van der Waals surface area (Å²) in [4.78, 5) is 8.29. The Bertz CT molecular complexity index is 456. The van der Waals surface area contributed by atoms with Crippen LogP contribution in [-0.2, 0) is 6.54 Å². The lowest BCUT2D eigenvalue weighted by molar-refractivity contribution is 0.803. The molecule has 0 unspecified atom stereocenters. The molecule has 0 aliphatic rings. The third-order valence-corrected chi connectivity index (χ3v) is 3.62. The summed E-state index contributed by atoms with van der Waals surface area (Å²) in [6.07, 6.45) is 3.54. The Labute approximate surface area is 104 Å². The minimum Gasteiger partial charge on any atom is -0.339 e. The van der Waals surface area contributed by atoms with Crippen LogP contribution < -0.4 is 5.32 Å². The maximum atomic E-state index is 6.19. The van der Waals surface area contributed by atoms with E-state index >= 15 is 0 Å². The van der Waals surface area contributed by atoms with Gasteiger partial charge in [-0.2, -0.15) is 0 Å². The van der Waals surface area contributed by atoms with Crippen molar-refractivity contribution in [1.29, 1.82) is 0 Å². The van der Waals surface area contributed by atoms with Crippen LogP contribution >= 0.6 is 23.4 Å². The number of hydrogen-bond donors (Lipinski definition) is 2. The molecule has 84 valence electrons. The molecule has 0 saturated carbocycles. The highest BCUT2D eigenvalue weighted by atomic mass is 35.5. The van der Waals surface area contributed by atoms with Gasteiger partial charge in [0, 0.05) is 23.8 Å². The van der Waals surface area contributed by atoms with Gasteiger partial charge in [0.1, 0.15) is 0 Å². The Hall–Kier alpha value is -0.970. The van der Waals surface area contributed by atoms with E-state index in [1.807, 2.05) is 19.2 Å². The molecular weight excluding hydrogens is 242 g/mol. The second-order valence-electron chi connectivity index (χ2n) is 3.25. The summed E-state index contributed by atoms with van der Waals surface area (Å²) in [5.74, 6) is 0. The summed E-state index contributed by atoms with van der Waals surface area (Å²) in [5.41, 5.74) is 1.18. The summed E-state index contributed by atoms with van der Waals surface area (Å²) in [5, 5.41) is 4.74. The molecule has 0 aliphatic heterocycles. The summed E-state index contributed by atoms with van der Waals surface area (Å²) < 4.78 is 0. The van der Waals surface area contributed by atoms with E-state index in [9.17, 15) is 0 Å². The molecule has 0 spiro atoms. The van der Waals surface area contributed by atoms with Crippen LogP contribution in [0.1, 0.15) is 5.56 Å². The lowest BCUT2D eigenvalue weighted by atomic mass is 10.2. The molecule has 1 aromatic heterocycles. The number of rotatable bonds is 4. The fraction of sp³-hybridized carbons (Fsp3) is 0.182. The van der Waals surface area contributed by atoms with Gasteiger partial charge in [0.2, 0.25) is 0 Å². The van der Waals surface area contributed by atoms with Crippen LogP contribution in [-0.4, -0.2) is 17.0 Å². The van der Waals surface area contributed by atoms with Gasteiger partial charge in [-0.3, -0.25) is 0 Å². The van der Waals surface area contributed by atoms with Gasteiger partial charge in [-0.1, -0.05) is 23.7 Å². The Morgan fingerprint density at radius 1 is 1.50 bits per heavy atom. The van der Waals surface area contributed by atoms with E-state index in [2.05, 4.69) is 21.4 Å². The highest BCUT2D eigenvalue weighted by molar-refractivity contribution is 7.99. The van der Waals surface area contributed by atoms with Gasteiger partial charge in [-0.05, 0) is 30.4 Å². The summed E-state index contributed by atoms with van der Waals surface area (Å²) in [6, 6.07) is 5.92. The SMILES string of the molecule is CNCc1cccc(Cl)c1Sc1ncc[nH]1. The number of halogens is 1. The minimum absolute atomic E-state index is 0.758. The molecule has 2 N–H and O–H groups in total. The highest BCUT2D eigenvalue weighted by Gasteiger charge is 2.09. The van der Waals surface area contributed by atoms with E-state index in [1.54, 1.807) is 24.2 Å². The van der Waals surface area contributed by atoms with E-state index in [-0.39, 0.29) is 0 Å². The fourth-order valence-electron chi connectivity index (χ4n) is 1.40. The quantitative estimate of drug-likeness (QED) is 0.880. The number of aromatic nitrogens is 2. The maximum absolute atomic E-state index is 6.19. The molecule has 1 heterocycles. The summed E-state index contributed by atoms with van der Waals surface area (Å²) in [7, 11) is 1.92. The standard InChI is InChI=1S/C11H12ClN3S/c1-13-7-8-3-2-4-9(12)10(8)16-11-14-5-6-15-11/h2-6,13H,7H2,1H3,(H,14,15). The van der Waals surface area contributed by atoms with Crippen molar-refractivity contribution in [1.82, 2.24) is 15.3 Å². The zero-order chi connectivity index (χ0) is 11.4. The van der Waals surface area contributed by atoms with Gasteiger partial charge in [-0.15, -0.1) is 0 Å². The van der Waals surface area contributed by atoms with Crippen molar-refractivity contribution < 1.29 is 0 Å². The topological polar surface area (TPSA) is 40.7 Å². The van der Waals surface area contributed by atoms with Crippen LogP contribution in [0.4, 0.5) is 0 Å². The zero-order valence-corrected chi connectivity index (χ0v) is 10.4. The van der Waals surface area contributed by atoms with E-state index < -0.39 is 0 Å². The van der Waals surface area contributed by atoms with Gasteiger partial charge in [0.15, 0.2) is 5.16 Å². The van der Waals surface area contributed by atoms with Crippen LogP contribution in [0, 0.1) is 0 Å². The van der Waals surface area contributed by atoms with Gasteiger partial charge >= 0.3 is 0 Å². The monoisotopic (exact) mass is 253 g/mol. The van der Waals surface area contributed by atoms with Crippen LogP contribution in [0.3, 0.4) is 0 Å². The number of benzene rings is 1. The first-order valence-electron chi connectivity index (χ1n) is 4.90. The molecule has 0 radical (unpaired) electrons. The van der Waals surface area contributed by atoms with E-state index in [4.69, 9.17) is 11.6 Å². The second-order valence-corrected chi connectivity index (χ2v) is 4.66. The van der Waals surface area contributed by atoms with Crippen LogP contribution in [0.25, 0.3) is 0 Å². The normalized spacial score (nSPS) is 10.6. The van der Waals surface area contributed by atoms with E-state index in [1.165, 1.54) is 5.56 Å². The second kappa shape index (κ2) is 5.39. The Morgan fingerprint density at radius 3 is 3.06 bits per heavy atom. The molecule has 0 amide bonds. The minimum atomic E-state index is 0.758. The van der Waals surface area contributed by atoms with E-state index in [0.717, 1.165) is 21.6 Å².